The van der Waals surface area contributed by atoms with Crippen LogP contribution in [0.3, 0.4) is 0 Å². The molecule has 0 saturated carbocycles. The summed E-state index contributed by atoms with van der Waals surface area (Å²) in [4.78, 5) is 2.69. The number of likely N-dealkylation sites (tertiary alicyclic amines) is 1. The third-order valence-corrected chi connectivity index (χ3v) is 5.05. The summed E-state index contributed by atoms with van der Waals surface area (Å²) in [6, 6.07) is 9.07. The van der Waals surface area contributed by atoms with Crippen molar-refractivity contribution >= 4 is 11.4 Å². The summed E-state index contributed by atoms with van der Waals surface area (Å²) in [5, 5.41) is 6.99. The van der Waals surface area contributed by atoms with Crippen molar-refractivity contribution in [3.63, 3.8) is 0 Å². The zero-order valence-electron chi connectivity index (χ0n) is 14.8. The molecule has 2 rings (SSSR count). The van der Waals surface area contributed by atoms with Crippen LogP contribution in [0.5, 0.6) is 0 Å². The first-order valence-corrected chi connectivity index (χ1v) is 8.85. The Morgan fingerprint density at radius 3 is 2.36 bits per heavy atom. The van der Waals surface area contributed by atoms with E-state index in [-0.39, 0.29) is 0 Å². The fourth-order valence-corrected chi connectivity index (χ4v) is 3.44. The number of nitrogens with one attached hydrogen (secondary N) is 2. The first-order valence-electron chi connectivity index (χ1n) is 8.85. The highest BCUT2D eigenvalue weighted by Gasteiger charge is 2.30. The summed E-state index contributed by atoms with van der Waals surface area (Å²) in [5.41, 5.74) is 2.77. The van der Waals surface area contributed by atoms with Crippen LogP contribution in [0.25, 0.3) is 0 Å². The van der Waals surface area contributed by atoms with E-state index in [1.165, 1.54) is 56.6 Å². The molecule has 1 saturated heterocycles. The summed E-state index contributed by atoms with van der Waals surface area (Å²) >= 11 is 0. The maximum absolute atomic E-state index is 3.73. The number of piperidine rings is 1. The SMILES string of the molecule is CCCCC(C)(C)N1CCC(Nc2ccccc2NC)CC1. The fraction of sp³-hybridized carbons (Fsp3) is 0.684. The number of anilines is 2. The molecule has 22 heavy (non-hydrogen) atoms. The van der Waals surface area contributed by atoms with Crippen molar-refractivity contribution in [1.29, 1.82) is 0 Å². The average Bonchev–Trinajstić information content (AvgIpc) is 2.54. The Morgan fingerprint density at radius 1 is 1.14 bits per heavy atom. The second-order valence-electron chi connectivity index (χ2n) is 7.12. The minimum Gasteiger partial charge on any atom is -0.386 e. The Hall–Kier alpha value is -1.22. The van der Waals surface area contributed by atoms with Gasteiger partial charge in [-0.05, 0) is 45.2 Å². The minimum atomic E-state index is 0.351. The number of hydrogen-bond donors (Lipinski definition) is 2. The van der Waals surface area contributed by atoms with Gasteiger partial charge in [-0.25, -0.2) is 0 Å². The van der Waals surface area contributed by atoms with E-state index in [1.54, 1.807) is 0 Å². The van der Waals surface area contributed by atoms with Crippen molar-refractivity contribution in [3.8, 4) is 0 Å². The van der Waals surface area contributed by atoms with Gasteiger partial charge in [-0.1, -0.05) is 31.9 Å². The maximum Gasteiger partial charge on any atom is 0.0578 e. The number of rotatable bonds is 7. The van der Waals surface area contributed by atoms with Crippen LogP contribution in [-0.2, 0) is 0 Å². The van der Waals surface area contributed by atoms with Crippen LogP contribution < -0.4 is 10.6 Å². The van der Waals surface area contributed by atoms with E-state index in [0.717, 1.165) is 0 Å². The molecule has 3 nitrogen and oxygen atoms in total. The lowest BCUT2D eigenvalue weighted by atomic mass is 9.91. The second kappa shape index (κ2) is 7.87. The molecule has 124 valence electrons. The van der Waals surface area contributed by atoms with Gasteiger partial charge in [-0.15, -0.1) is 0 Å². The molecular weight excluding hydrogens is 270 g/mol. The number of para-hydroxylation sites is 2. The standard InChI is InChI=1S/C19H33N3/c1-5-6-13-19(2,3)22-14-11-16(12-15-22)21-18-10-8-7-9-17(18)20-4/h7-10,16,20-21H,5-6,11-15H2,1-4H3. The van der Waals surface area contributed by atoms with Gasteiger partial charge in [0.25, 0.3) is 0 Å². The van der Waals surface area contributed by atoms with Gasteiger partial charge in [0, 0.05) is 31.7 Å². The summed E-state index contributed by atoms with van der Waals surface area (Å²) in [6.07, 6.45) is 6.40. The lowest BCUT2D eigenvalue weighted by Crippen LogP contribution is -2.50. The van der Waals surface area contributed by atoms with E-state index in [9.17, 15) is 0 Å². The first kappa shape index (κ1) is 17.1. The van der Waals surface area contributed by atoms with Gasteiger partial charge in [0.05, 0.1) is 11.4 Å². The van der Waals surface area contributed by atoms with Crippen LogP contribution in [0.4, 0.5) is 11.4 Å². The molecular formula is C19H33N3. The smallest absolute Gasteiger partial charge is 0.0578 e. The summed E-state index contributed by atoms with van der Waals surface area (Å²) in [7, 11) is 1.99. The number of hydrogen-bond acceptors (Lipinski definition) is 3. The van der Waals surface area contributed by atoms with E-state index < -0.39 is 0 Å². The van der Waals surface area contributed by atoms with Crippen molar-refractivity contribution in [2.24, 2.45) is 0 Å². The highest BCUT2D eigenvalue weighted by atomic mass is 15.2. The highest BCUT2D eigenvalue weighted by Crippen LogP contribution is 2.28. The molecule has 2 N–H and O–H groups in total. The molecule has 0 aliphatic carbocycles. The molecule has 0 amide bonds. The number of unbranched alkanes of at least 4 members (excludes halogenated alkanes) is 1. The van der Waals surface area contributed by atoms with E-state index >= 15 is 0 Å². The molecule has 0 unspecified atom stereocenters. The molecule has 0 radical (unpaired) electrons. The molecule has 1 aliphatic heterocycles. The molecule has 1 fully saturated rings. The Bertz CT molecular complexity index is 448. The summed E-state index contributed by atoms with van der Waals surface area (Å²) in [5.74, 6) is 0. The van der Waals surface area contributed by atoms with Crippen LogP contribution in [-0.4, -0.2) is 36.6 Å². The van der Waals surface area contributed by atoms with E-state index in [1.807, 2.05) is 7.05 Å². The van der Waals surface area contributed by atoms with E-state index in [0.29, 0.717) is 11.6 Å². The van der Waals surface area contributed by atoms with Crippen LogP contribution in [0, 0.1) is 0 Å². The van der Waals surface area contributed by atoms with E-state index in [4.69, 9.17) is 0 Å². The summed E-state index contributed by atoms with van der Waals surface area (Å²) < 4.78 is 0. The highest BCUT2D eigenvalue weighted by molar-refractivity contribution is 5.68. The predicted molar refractivity (Wildman–Crippen MR) is 97.8 cm³/mol. The van der Waals surface area contributed by atoms with Crippen LogP contribution in [0.1, 0.15) is 52.9 Å². The molecule has 1 aromatic carbocycles. The van der Waals surface area contributed by atoms with Crippen molar-refractivity contribution < 1.29 is 0 Å². The molecule has 0 spiro atoms. The normalized spacial score (nSPS) is 17.5. The van der Waals surface area contributed by atoms with Crippen molar-refractivity contribution in [2.45, 2.75) is 64.5 Å². The van der Waals surface area contributed by atoms with Gasteiger partial charge < -0.3 is 10.6 Å². The van der Waals surface area contributed by atoms with Gasteiger partial charge in [0.2, 0.25) is 0 Å². The van der Waals surface area contributed by atoms with Crippen LogP contribution in [0.2, 0.25) is 0 Å². The quantitative estimate of drug-likeness (QED) is 0.772. The molecule has 3 heteroatoms. The average molecular weight is 303 g/mol. The van der Waals surface area contributed by atoms with Crippen molar-refractivity contribution in [1.82, 2.24) is 4.90 Å². The second-order valence-corrected chi connectivity index (χ2v) is 7.12. The third kappa shape index (κ3) is 4.39. The maximum atomic E-state index is 3.73. The number of nitrogens with zero attached hydrogens (tertiary/aromatic N) is 1. The molecule has 1 aliphatic rings. The number of benzene rings is 1. The Morgan fingerprint density at radius 2 is 1.77 bits per heavy atom. The van der Waals surface area contributed by atoms with Gasteiger partial charge in [-0.2, -0.15) is 0 Å². The van der Waals surface area contributed by atoms with Crippen LogP contribution in [0.15, 0.2) is 24.3 Å². The lowest BCUT2D eigenvalue weighted by molar-refractivity contribution is 0.0822. The third-order valence-electron chi connectivity index (χ3n) is 5.05. The zero-order chi connectivity index (χ0) is 16.0. The predicted octanol–water partition coefficient (Wildman–Crippen LogP) is 4.57. The Kier molecular flexibility index (Phi) is 6.13. The molecule has 0 atom stereocenters. The monoisotopic (exact) mass is 303 g/mol. The van der Waals surface area contributed by atoms with Crippen molar-refractivity contribution in [2.75, 3.05) is 30.8 Å². The van der Waals surface area contributed by atoms with E-state index in [2.05, 4.69) is 60.6 Å². The minimum absolute atomic E-state index is 0.351. The first-order chi connectivity index (χ1) is 10.6. The van der Waals surface area contributed by atoms with Gasteiger partial charge in [0.1, 0.15) is 0 Å². The van der Waals surface area contributed by atoms with Crippen LogP contribution >= 0.6 is 0 Å². The Labute approximate surface area is 136 Å². The lowest BCUT2D eigenvalue weighted by Gasteiger charge is -2.43. The molecule has 0 aromatic heterocycles. The van der Waals surface area contributed by atoms with Gasteiger partial charge >= 0.3 is 0 Å². The van der Waals surface area contributed by atoms with Gasteiger partial charge in [-0.3, -0.25) is 4.90 Å². The fourth-order valence-electron chi connectivity index (χ4n) is 3.44. The largest absolute Gasteiger partial charge is 0.386 e. The van der Waals surface area contributed by atoms with Crippen molar-refractivity contribution in [3.05, 3.63) is 24.3 Å². The topological polar surface area (TPSA) is 27.3 Å². The zero-order valence-corrected chi connectivity index (χ0v) is 14.8. The summed E-state index contributed by atoms with van der Waals surface area (Å²) in [6.45, 7) is 9.51. The van der Waals surface area contributed by atoms with Gasteiger partial charge in [0.15, 0.2) is 0 Å². The Balaban J connectivity index is 1.87. The molecule has 1 heterocycles. The molecule has 1 aromatic rings. The molecule has 0 bridgehead atoms.